The Hall–Kier alpha value is -2.65. The number of methoxy groups -OCH3 is 2. The van der Waals surface area contributed by atoms with Gasteiger partial charge in [0.05, 0.1) is 19.1 Å². The molecule has 1 N–H and O–H groups in total. The second-order valence-corrected chi connectivity index (χ2v) is 8.85. The number of hydrogen-bond donors (Lipinski definition) is 1. The molecule has 1 saturated heterocycles. The lowest BCUT2D eigenvalue weighted by atomic mass is 10.1. The van der Waals surface area contributed by atoms with Crippen LogP contribution < -0.4 is 14.8 Å². The molecule has 0 unspecified atom stereocenters. The molecule has 0 aliphatic carbocycles. The van der Waals surface area contributed by atoms with Gasteiger partial charge in [-0.05, 0) is 61.2 Å². The Balaban J connectivity index is 1.63. The fourth-order valence-corrected chi connectivity index (χ4v) is 5.17. The topological polar surface area (TPSA) is 84.9 Å². The summed E-state index contributed by atoms with van der Waals surface area (Å²) in [5, 5.41) is 2.82. The molecule has 30 heavy (non-hydrogen) atoms. The van der Waals surface area contributed by atoms with Crippen molar-refractivity contribution in [2.24, 2.45) is 0 Å². The first-order valence-corrected chi connectivity index (χ1v) is 11.1. The summed E-state index contributed by atoms with van der Waals surface area (Å²) in [4.78, 5) is 12.7. The zero-order chi connectivity index (χ0) is 21.7. The zero-order valence-electron chi connectivity index (χ0n) is 16.9. The lowest BCUT2D eigenvalue weighted by Gasteiger charge is -2.23. The van der Waals surface area contributed by atoms with Crippen molar-refractivity contribution in [3.8, 4) is 11.5 Å². The number of carbonyl (C=O) groups excluding carboxylic acids is 1. The first kappa shape index (κ1) is 22.0. The van der Waals surface area contributed by atoms with Crippen LogP contribution >= 0.6 is 0 Å². The van der Waals surface area contributed by atoms with Crippen molar-refractivity contribution in [2.45, 2.75) is 30.2 Å². The maximum Gasteiger partial charge on any atom is 0.243 e. The molecular formula is C21H25FN2O5S. The van der Waals surface area contributed by atoms with Crippen LogP contribution in [0.4, 0.5) is 4.39 Å². The number of nitrogens with one attached hydrogen (secondary N) is 1. The predicted octanol–water partition coefficient (Wildman–Crippen LogP) is 2.35. The van der Waals surface area contributed by atoms with Gasteiger partial charge in [0, 0.05) is 13.1 Å². The maximum absolute atomic E-state index is 13.1. The SMILES string of the molecule is COc1ccc(CCNC(=O)[C@@H]2CCCN2S(=O)(=O)c2ccc(F)cc2)cc1OC. The third kappa shape index (κ3) is 4.73. The third-order valence-corrected chi connectivity index (χ3v) is 7.01. The maximum atomic E-state index is 13.1. The Bertz CT molecular complexity index is 995. The fourth-order valence-electron chi connectivity index (χ4n) is 3.52. The predicted molar refractivity (Wildman–Crippen MR) is 110 cm³/mol. The molecule has 0 saturated carbocycles. The summed E-state index contributed by atoms with van der Waals surface area (Å²) in [7, 11) is -0.752. The van der Waals surface area contributed by atoms with E-state index in [1.165, 1.54) is 16.4 Å². The summed E-state index contributed by atoms with van der Waals surface area (Å²) in [6.45, 7) is 0.614. The van der Waals surface area contributed by atoms with Crippen LogP contribution in [0.15, 0.2) is 47.4 Å². The van der Waals surface area contributed by atoms with Crippen LogP contribution in [-0.4, -0.2) is 52.0 Å². The van der Waals surface area contributed by atoms with Gasteiger partial charge in [-0.2, -0.15) is 4.31 Å². The van der Waals surface area contributed by atoms with E-state index >= 15 is 0 Å². The molecule has 7 nitrogen and oxygen atoms in total. The molecule has 1 aliphatic rings. The fraction of sp³-hybridized carbons (Fsp3) is 0.381. The average molecular weight is 437 g/mol. The lowest BCUT2D eigenvalue weighted by Crippen LogP contribution is -2.46. The van der Waals surface area contributed by atoms with Crippen molar-refractivity contribution >= 4 is 15.9 Å². The Morgan fingerprint density at radius 3 is 2.50 bits per heavy atom. The van der Waals surface area contributed by atoms with E-state index < -0.39 is 21.9 Å². The molecule has 1 fully saturated rings. The number of sulfonamides is 1. The standard InChI is InChI=1S/C21H25FN2O5S/c1-28-19-10-5-15(14-20(19)29-2)11-12-23-21(25)18-4-3-13-24(18)30(26,27)17-8-6-16(22)7-9-17/h5-10,14,18H,3-4,11-13H2,1-2H3,(H,23,25)/t18-/m0/s1. The molecule has 1 atom stereocenters. The van der Waals surface area contributed by atoms with E-state index in [1.54, 1.807) is 20.3 Å². The van der Waals surface area contributed by atoms with Gasteiger partial charge in [-0.15, -0.1) is 0 Å². The molecule has 3 rings (SSSR count). The van der Waals surface area contributed by atoms with Gasteiger partial charge in [-0.1, -0.05) is 6.07 Å². The molecule has 0 aromatic heterocycles. The van der Waals surface area contributed by atoms with Crippen LogP contribution in [0, 0.1) is 5.82 Å². The number of amides is 1. The van der Waals surface area contributed by atoms with E-state index in [4.69, 9.17) is 9.47 Å². The number of nitrogens with zero attached hydrogens (tertiary/aromatic N) is 1. The van der Waals surface area contributed by atoms with Gasteiger partial charge in [-0.25, -0.2) is 12.8 Å². The average Bonchev–Trinajstić information content (AvgIpc) is 3.25. The Kier molecular flexibility index (Phi) is 6.94. The largest absolute Gasteiger partial charge is 0.493 e. The van der Waals surface area contributed by atoms with Crippen LogP contribution in [0.5, 0.6) is 11.5 Å². The molecule has 0 radical (unpaired) electrons. The van der Waals surface area contributed by atoms with Crippen molar-refractivity contribution < 1.29 is 27.1 Å². The van der Waals surface area contributed by atoms with Crippen molar-refractivity contribution in [1.82, 2.24) is 9.62 Å². The molecule has 1 amide bonds. The number of ether oxygens (including phenoxy) is 2. The van der Waals surface area contributed by atoms with Crippen molar-refractivity contribution in [2.75, 3.05) is 27.3 Å². The molecule has 0 bridgehead atoms. The van der Waals surface area contributed by atoms with Crippen molar-refractivity contribution in [3.63, 3.8) is 0 Å². The van der Waals surface area contributed by atoms with E-state index in [1.807, 2.05) is 12.1 Å². The van der Waals surface area contributed by atoms with Crippen LogP contribution in [0.25, 0.3) is 0 Å². The van der Waals surface area contributed by atoms with Gasteiger partial charge >= 0.3 is 0 Å². The van der Waals surface area contributed by atoms with E-state index in [9.17, 15) is 17.6 Å². The Labute approximate surface area is 175 Å². The molecule has 162 valence electrons. The quantitative estimate of drug-likeness (QED) is 0.687. The second-order valence-electron chi connectivity index (χ2n) is 6.96. The van der Waals surface area contributed by atoms with Crippen LogP contribution in [-0.2, 0) is 21.2 Å². The second kappa shape index (κ2) is 9.44. The minimum Gasteiger partial charge on any atom is -0.493 e. The van der Waals surface area contributed by atoms with Crippen molar-refractivity contribution in [3.05, 3.63) is 53.8 Å². The van der Waals surface area contributed by atoms with Crippen LogP contribution in [0.1, 0.15) is 18.4 Å². The van der Waals surface area contributed by atoms with E-state index in [0.29, 0.717) is 37.3 Å². The molecule has 2 aromatic carbocycles. The van der Waals surface area contributed by atoms with Gasteiger partial charge in [0.1, 0.15) is 11.9 Å². The smallest absolute Gasteiger partial charge is 0.243 e. The molecule has 1 aliphatic heterocycles. The van der Waals surface area contributed by atoms with E-state index in [0.717, 1.165) is 17.7 Å². The monoisotopic (exact) mass is 436 g/mol. The normalized spacial score (nSPS) is 17.0. The highest BCUT2D eigenvalue weighted by molar-refractivity contribution is 7.89. The first-order chi connectivity index (χ1) is 14.4. The highest BCUT2D eigenvalue weighted by Crippen LogP contribution is 2.28. The van der Waals surface area contributed by atoms with Gasteiger partial charge in [-0.3, -0.25) is 4.79 Å². The molecular weight excluding hydrogens is 411 g/mol. The number of hydrogen-bond acceptors (Lipinski definition) is 5. The highest BCUT2D eigenvalue weighted by Gasteiger charge is 2.39. The zero-order valence-corrected chi connectivity index (χ0v) is 17.7. The summed E-state index contributed by atoms with van der Waals surface area (Å²) in [6, 6.07) is 9.38. The summed E-state index contributed by atoms with van der Waals surface area (Å²) in [5.41, 5.74) is 0.954. The Morgan fingerprint density at radius 2 is 1.83 bits per heavy atom. The summed E-state index contributed by atoms with van der Waals surface area (Å²) < 4.78 is 50.6. The van der Waals surface area contributed by atoms with Gasteiger partial charge in [0.25, 0.3) is 0 Å². The number of carbonyl (C=O) groups is 1. The number of rotatable bonds is 8. The molecule has 0 spiro atoms. The van der Waals surface area contributed by atoms with Crippen LogP contribution in [0.2, 0.25) is 0 Å². The van der Waals surface area contributed by atoms with Gasteiger partial charge in [0.2, 0.25) is 15.9 Å². The van der Waals surface area contributed by atoms with Gasteiger partial charge < -0.3 is 14.8 Å². The summed E-state index contributed by atoms with van der Waals surface area (Å²) >= 11 is 0. The number of halogens is 1. The lowest BCUT2D eigenvalue weighted by molar-refractivity contribution is -0.124. The number of benzene rings is 2. The van der Waals surface area contributed by atoms with Gasteiger partial charge in [0.15, 0.2) is 11.5 Å². The Morgan fingerprint density at radius 1 is 1.13 bits per heavy atom. The summed E-state index contributed by atoms with van der Waals surface area (Å²) in [6.07, 6.45) is 1.60. The molecule has 2 aromatic rings. The third-order valence-electron chi connectivity index (χ3n) is 5.09. The van der Waals surface area contributed by atoms with Crippen molar-refractivity contribution in [1.29, 1.82) is 0 Å². The van der Waals surface area contributed by atoms with E-state index in [2.05, 4.69) is 5.32 Å². The first-order valence-electron chi connectivity index (χ1n) is 9.63. The minimum atomic E-state index is -3.87. The molecule has 1 heterocycles. The minimum absolute atomic E-state index is 0.0195. The summed E-state index contributed by atoms with van der Waals surface area (Å²) in [5.74, 6) is 0.380. The molecule has 9 heteroatoms. The highest BCUT2D eigenvalue weighted by atomic mass is 32.2. The van der Waals surface area contributed by atoms with Crippen LogP contribution in [0.3, 0.4) is 0 Å². The van der Waals surface area contributed by atoms with E-state index in [-0.39, 0.29) is 17.3 Å².